The van der Waals surface area contributed by atoms with E-state index < -0.39 is 11.4 Å². The lowest BCUT2D eigenvalue weighted by atomic mass is 10.2. The van der Waals surface area contributed by atoms with E-state index in [4.69, 9.17) is 19.4 Å². The Morgan fingerprint density at radius 1 is 1.04 bits per heavy atom. The van der Waals surface area contributed by atoms with E-state index in [9.17, 15) is 0 Å². The first-order valence-electron chi connectivity index (χ1n) is 7.74. The fourth-order valence-corrected chi connectivity index (χ4v) is 1.30. The molecule has 0 fully saturated rings. The van der Waals surface area contributed by atoms with E-state index in [-0.39, 0.29) is 0 Å². The SMILES string of the molecule is CC.CCC.N#[N+]c1ccc(Nc2ccccc2)cc1.O=S([O-])O[O-]. The molecule has 0 aromatic heterocycles. The highest BCUT2D eigenvalue weighted by Gasteiger charge is 2.02. The number of diazo groups is 1. The van der Waals surface area contributed by atoms with Crippen LogP contribution in [0.15, 0.2) is 54.6 Å². The van der Waals surface area contributed by atoms with E-state index in [2.05, 4.69) is 28.5 Å². The van der Waals surface area contributed by atoms with Gasteiger partial charge < -0.3 is 19.5 Å². The summed E-state index contributed by atoms with van der Waals surface area (Å²) in [6.07, 6.45) is 1.25. The zero-order valence-corrected chi connectivity index (χ0v) is 15.7. The van der Waals surface area contributed by atoms with Crippen molar-refractivity contribution in [2.24, 2.45) is 0 Å². The van der Waals surface area contributed by atoms with E-state index in [1.807, 2.05) is 56.3 Å². The summed E-state index contributed by atoms with van der Waals surface area (Å²) in [6, 6.07) is 17.1. The third-order valence-corrected chi connectivity index (χ3v) is 2.21. The minimum atomic E-state index is -2.88. The van der Waals surface area contributed by atoms with E-state index >= 15 is 0 Å². The third kappa shape index (κ3) is 15.0. The summed E-state index contributed by atoms with van der Waals surface area (Å²) < 4.78 is 20.1. The maximum absolute atomic E-state index is 8.83. The van der Waals surface area contributed by atoms with E-state index in [1.54, 1.807) is 12.1 Å². The van der Waals surface area contributed by atoms with Gasteiger partial charge in [-0.1, -0.05) is 52.3 Å². The van der Waals surface area contributed by atoms with Crippen molar-refractivity contribution in [3.63, 3.8) is 0 Å². The number of nitrogens with one attached hydrogen (secondary N) is 1. The standard InChI is InChI=1S/C12H10N3.C3H8.C2H6.H2O4S/c13-15-12-8-6-11(7-9-12)14-10-4-2-1-3-5-10;1-3-2;1-2;1-4-5(2)3/h1-9,14H;3H2,1-2H3;1-2H3;1H,(H,2,3)/q+1;;;/p-2. The molecule has 0 amide bonds. The van der Waals surface area contributed by atoms with Crippen LogP contribution in [-0.2, 0) is 15.7 Å². The Balaban J connectivity index is 0. The number of benzene rings is 2. The van der Waals surface area contributed by atoms with Gasteiger partial charge in [-0.3, -0.25) is 0 Å². The second-order valence-corrected chi connectivity index (χ2v) is 4.66. The first-order chi connectivity index (χ1) is 12.1. The molecule has 8 heteroatoms. The number of hydrogen-bond donors (Lipinski definition) is 1. The van der Waals surface area contributed by atoms with Crippen molar-refractivity contribution < 1.29 is 18.4 Å². The number of para-hydroxylation sites is 1. The van der Waals surface area contributed by atoms with Crippen molar-refractivity contribution in [1.29, 1.82) is 5.39 Å². The molecule has 0 aliphatic heterocycles. The van der Waals surface area contributed by atoms with Gasteiger partial charge >= 0.3 is 5.69 Å². The van der Waals surface area contributed by atoms with Crippen LogP contribution in [0.4, 0.5) is 17.1 Å². The Kier molecular flexibility index (Phi) is 18.0. The predicted molar refractivity (Wildman–Crippen MR) is 98.2 cm³/mol. The quantitative estimate of drug-likeness (QED) is 0.372. The highest BCUT2D eigenvalue weighted by Crippen LogP contribution is 2.19. The first kappa shape index (κ1) is 24.9. The fourth-order valence-electron chi connectivity index (χ4n) is 1.30. The molecule has 1 atom stereocenters. The summed E-state index contributed by atoms with van der Waals surface area (Å²) in [6.45, 7) is 8.25. The van der Waals surface area contributed by atoms with Crippen LogP contribution in [0.3, 0.4) is 0 Å². The van der Waals surface area contributed by atoms with E-state index in [1.165, 1.54) is 6.42 Å². The molecule has 0 radical (unpaired) electrons. The number of rotatable bonds is 3. The van der Waals surface area contributed by atoms with Crippen molar-refractivity contribution in [2.45, 2.75) is 34.1 Å². The summed E-state index contributed by atoms with van der Waals surface area (Å²) in [5.74, 6) is 0. The molecule has 1 unspecified atom stereocenters. The fraction of sp³-hybridized carbons (Fsp3) is 0.294. The van der Waals surface area contributed by atoms with Crippen molar-refractivity contribution in [3.8, 4) is 0 Å². The predicted octanol–water partition coefficient (Wildman–Crippen LogP) is 4.43. The topological polar surface area (TPSA) is 113 Å². The van der Waals surface area contributed by atoms with E-state index in [0.717, 1.165) is 11.4 Å². The van der Waals surface area contributed by atoms with Crippen LogP contribution in [0.25, 0.3) is 4.98 Å². The van der Waals surface area contributed by atoms with Gasteiger partial charge in [-0.15, -0.1) is 0 Å². The summed E-state index contributed by atoms with van der Waals surface area (Å²) in [7, 11) is 0. The lowest BCUT2D eigenvalue weighted by Gasteiger charge is -2.05. The maximum atomic E-state index is 8.83. The monoisotopic (exact) mass is 366 g/mol. The second-order valence-electron chi connectivity index (χ2n) is 4.12. The van der Waals surface area contributed by atoms with Crippen LogP contribution in [0.2, 0.25) is 0 Å². The molecular weight excluding hydrogens is 342 g/mol. The Morgan fingerprint density at radius 2 is 1.44 bits per heavy atom. The molecule has 0 heterocycles. The van der Waals surface area contributed by atoms with Crippen LogP contribution in [0.1, 0.15) is 34.1 Å². The van der Waals surface area contributed by atoms with Gasteiger partial charge in [0.05, 0.1) is 11.4 Å². The minimum absolute atomic E-state index is 0.550. The highest BCUT2D eigenvalue weighted by molar-refractivity contribution is 7.73. The average Bonchev–Trinajstić information content (AvgIpc) is 2.66. The van der Waals surface area contributed by atoms with Crippen LogP contribution >= 0.6 is 0 Å². The third-order valence-electron chi connectivity index (χ3n) is 2.10. The average molecular weight is 366 g/mol. The molecule has 0 spiro atoms. The minimum Gasteiger partial charge on any atom is -0.750 e. The number of nitrogens with zero attached hydrogens (tertiary/aromatic N) is 2. The van der Waals surface area contributed by atoms with Gasteiger partial charge in [-0.05, 0) is 24.3 Å². The van der Waals surface area contributed by atoms with E-state index in [0.29, 0.717) is 5.69 Å². The molecule has 25 heavy (non-hydrogen) atoms. The van der Waals surface area contributed by atoms with Crippen LogP contribution in [0, 0.1) is 5.39 Å². The van der Waals surface area contributed by atoms with Gasteiger partial charge in [0, 0.05) is 23.5 Å². The summed E-state index contributed by atoms with van der Waals surface area (Å²) in [5, 5.41) is 20.3. The van der Waals surface area contributed by atoms with Crippen LogP contribution < -0.4 is 10.6 Å². The normalized spacial score (nSPS) is 9.48. The molecule has 7 nitrogen and oxygen atoms in total. The highest BCUT2D eigenvalue weighted by atomic mass is 32.2. The van der Waals surface area contributed by atoms with Gasteiger partial charge in [0.2, 0.25) is 5.39 Å². The van der Waals surface area contributed by atoms with Crippen molar-refractivity contribution in [1.82, 2.24) is 0 Å². The smallest absolute Gasteiger partial charge is 0.385 e. The Labute approximate surface area is 151 Å². The Hall–Kier alpha value is -2.31. The first-order valence-corrected chi connectivity index (χ1v) is 8.74. The maximum Gasteiger partial charge on any atom is 0.385 e. The van der Waals surface area contributed by atoms with Crippen molar-refractivity contribution in [3.05, 3.63) is 59.6 Å². The zero-order chi connectivity index (χ0) is 19.5. The zero-order valence-electron chi connectivity index (χ0n) is 14.8. The molecule has 0 aliphatic rings. The Morgan fingerprint density at radius 3 is 1.80 bits per heavy atom. The molecular formula is C17H24N3O4S-. The molecule has 2 aromatic rings. The molecule has 0 saturated carbocycles. The molecule has 0 bridgehead atoms. The van der Waals surface area contributed by atoms with Crippen LogP contribution in [0.5, 0.6) is 0 Å². The Bertz CT molecular complexity index is 602. The van der Waals surface area contributed by atoms with Gasteiger partial charge in [-0.2, -0.15) is 0 Å². The van der Waals surface area contributed by atoms with Crippen molar-refractivity contribution in [2.75, 3.05) is 5.32 Å². The lowest BCUT2D eigenvalue weighted by molar-refractivity contribution is -0.635. The summed E-state index contributed by atoms with van der Waals surface area (Å²) in [4.78, 5) is 3.09. The second kappa shape index (κ2) is 18.0. The van der Waals surface area contributed by atoms with Crippen LogP contribution in [-0.4, -0.2) is 8.76 Å². The summed E-state index contributed by atoms with van der Waals surface area (Å²) in [5.41, 5.74) is 2.55. The molecule has 0 saturated heterocycles. The van der Waals surface area contributed by atoms with Gasteiger partial charge in [0.1, 0.15) is 0 Å². The summed E-state index contributed by atoms with van der Waals surface area (Å²) >= 11 is -2.88. The molecule has 2 rings (SSSR count). The molecule has 2 aromatic carbocycles. The van der Waals surface area contributed by atoms with Gasteiger partial charge in [-0.25, -0.2) is 4.21 Å². The number of hydrogen-bond acceptors (Lipinski definition) is 6. The largest absolute Gasteiger partial charge is 0.750 e. The molecule has 138 valence electrons. The van der Waals surface area contributed by atoms with Gasteiger partial charge in [0.25, 0.3) is 0 Å². The molecule has 0 aliphatic carbocycles. The van der Waals surface area contributed by atoms with Gasteiger partial charge in [0.15, 0.2) is 4.98 Å². The van der Waals surface area contributed by atoms with Crippen molar-refractivity contribution >= 4 is 28.4 Å². The number of anilines is 2. The molecule has 1 N–H and O–H groups in total. The lowest BCUT2D eigenvalue weighted by Crippen LogP contribution is -2.06.